The monoisotopic (exact) mass is 338 g/mol. The highest BCUT2D eigenvalue weighted by atomic mass is 16.5. The largest absolute Gasteiger partial charge is 0.392 e. The summed E-state index contributed by atoms with van der Waals surface area (Å²) in [4.78, 5) is 0. The van der Waals surface area contributed by atoms with Crippen molar-refractivity contribution in [1.29, 1.82) is 0 Å². The van der Waals surface area contributed by atoms with Gasteiger partial charge in [-0.25, -0.2) is 0 Å². The number of allylic oxidation sites excluding steroid dienone is 1. The normalized spacial score (nSPS) is 45.0. The maximum atomic E-state index is 10.8. The van der Waals surface area contributed by atoms with E-state index in [0.717, 1.165) is 18.4 Å². The number of aliphatic hydroxyl groups excluding tert-OH is 1. The van der Waals surface area contributed by atoms with Crippen LogP contribution in [0.15, 0.2) is 23.8 Å². The SMILES string of the molecule is CC(C)[C@@]12/C=C\[C@](C)(O)CC/C=C(/CO)CC[C@H](O1)[C@@](C)(O)CC2. The average molecular weight is 338 g/mol. The van der Waals surface area contributed by atoms with Crippen LogP contribution >= 0.6 is 0 Å². The first-order valence-electron chi connectivity index (χ1n) is 9.22. The smallest absolute Gasteiger partial charge is 0.0892 e. The van der Waals surface area contributed by atoms with Crippen LogP contribution in [0, 0.1) is 5.92 Å². The van der Waals surface area contributed by atoms with Crippen LogP contribution in [0.2, 0.25) is 0 Å². The van der Waals surface area contributed by atoms with Crippen LogP contribution in [-0.4, -0.2) is 44.8 Å². The van der Waals surface area contributed by atoms with Crippen LogP contribution in [0.25, 0.3) is 0 Å². The molecule has 2 aliphatic heterocycles. The third kappa shape index (κ3) is 4.48. The van der Waals surface area contributed by atoms with E-state index in [4.69, 9.17) is 4.74 Å². The predicted octanol–water partition coefficient (Wildman–Crippen LogP) is 3.11. The van der Waals surface area contributed by atoms with Crippen LogP contribution in [0.5, 0.6) is 0 Å². The minimum atomic E-state index is -0.906. The summed E-state index contributed by atoms with van der Waals surface area (Å²) in [6.07, 6.45) is 9.76. The highest BCUT2D eigenvalue weighted by Gasteiger charge is 2.47. The molecule has 0 aliphatic carbocycles. The first kappa shape index (κ1) is 19.6. The molecule has 24 heavy (non-hydrogen) atoms. The Morgan fingerprint density at radius 2 is 1.88 bits per heavy atom. The summed E-state index contributed by atoms with van der Waals surface area (Å²) >= 11 is 0. The summed E-state index contributed by atoms with van der Waals surface area (Å²) in [5.41, 5.74) is -1.27. The van der Waals surface area contributed by atoms with Gasteiger partial charge < -0.3 is 20.1 Å². The van der Waals surface area contributed by atoms with Gasteiger partial charge in [0.05, 0.1) is 29.5 Å². The van der Waals surface area contributed by atoms with E-state index < -0.39 is 16.8 Å². The fraction of sp³-hybridized carbons (Fsp3) is 0.800. The minimum absolute atomic E-state index is 0.0160. The molecule has 4 heteroatoms. The topological polar surface area (TPSA) is 69.9 Å². The Bertz CT molecular complexity index is 490. The molecule has 3 N–H and O–H groups in total. The van der Waals surface area contributed by atoms with Crippen LogP contribution in [0.3, 0.4) is 0 Å². The van der Waals surface area contributed by atoms with Crippen molar-refractivity contribution in [3.05, 3.63) is 23.8 Å². The molecule has 4 nitrogen and oxygen atoms in total. The van der Waals surface area contributed by atoms with Crippen molar-refractivity contribution in [2.24, 2.45) is 5.92 Å². The number of hydrogen-bond acceptors (Lipinski definition) is 4. The molecule has 2 bridgehead atoms. The molecular weight excluding hydrogens is 304 g/mol. The molecule has 1 saturated heterocycles. The van der Waals surface area contributed by atoms with Gasteiger partial charge in [-0.05, 0) is 63.9 Å². The summed E-state index contributed by atoms with van der Waals surface area (Å²) in [5.74, 6) is 0.249. The van der Waals surface area contributed by atoms with Crippen molar-refractivity contribution >= 4 is 0 Å². The molecular formula is C20H34O4. The third-order valence-corrected chi connectivity index (χ3v) is 5.79. The number of rotatable bonds is 2. The zero-order valence-electron chi connectivity index (χ0n) is 15.6. The third-order valence-electron chi connectivity index (χ3n) is 5.79. The van der Waals surface area contributed by atoms with Gasteiger partial charge in [-0.2, -0.15) is 0 Å². The molecule has 1 fully saturated rings. The Morgan fingerprint density at radius 1 is 1.17 bits per heavy atom. The average Bonchev–Trinajstić information content (AvgIpc) is 2.49. The molecule has 4 atom stereocenters. The lowest BCUT2D eigenvalue weighted by molar-refractivity contribution is -0.210. The van der Waals surface area contributed by atoms with Crippen LogP contribution in [-0.2, 0) is 4.74 Å². The minimum Gasteiger partial charge on any atom is -0.392 e. The van der Waals surface area contributed by atoms with Gasteiger partial charge in [-0.3, -0.25) is 0 Å². The maximum absolute atomic E-state index is 10.8. The van der Waals surface area contributed by atoms with Gasteiger partial charge in [-0.1, -0.05) is 32.1 Å². The second-order valence-electron chi connectivity index (χ2n) is 8.36. The molecule has 2 rings (SSSR count). The van der Waals surface area contributed by atoms with Crippen molar-refractivity contribution in [2.45, 2.75) is 89.1 Å². The number of ether oxygens (including phenoxy) is 1. The molecule has 0 spiro atoms. The molecule has 138 valence electrons. The van der Waals surface area contributed by atoms with E-state index in [1.165, 1.54) is 0 Å². The molecule has 0 amide bonds. The van der Waals surface area contributed by atoms with E-state index in [9.17, 15) is 15.3 Å². The quantitative estimate of drug-likeness (QED) is 0.677. The molecule has 0 aromatic carbocycles. The first-order valence-corrected chi connectivity index (χ1v) is 9.22. The lowest BCUT2D eigenvalue weighted by Gasteiger charge is -2.49. The van der Waals surface area contributed by atoms with Gasteiger partial charge in [0, 0.05) is 0 Å². The molecule has 0 aromatic heterocycles. The standard InChI is InChI=1S/C20H34O4/c1-15(2)20-12-10-18(3,22)9-5-6-16(14-21)7-8-17(24-20)19(4,23)11-13-20/h6,10,12,15,17,21-23H,5,7-9,11,13-14H2,1-4H3/b12-10-,16-6+/t17-,18+,19-,20-/m0/s1. The highest BCUT2D eigenvalue weighted by molar-refractivity contribution is 5.15. The van der Waals surface area contributed by atoms with Gasteiger partial charge in [0.2, 0.25) is 0 Å². The van der Waals surface area contributed by atoms with Crippen molar-refractivity contribution in [3.63, 3.8) is 0 Å². The zero-order chi connectivity index (χ0) is 18.0. The Morgan fingerprint density at radius 3 is 2.50 bits per heavy atom. The maximum Gasteiger partial charge on any atom is 0.0892 e. The molecule has 2 heterocycles. The molecule has 0 unspecified atom stereocenters. The lowest BCUT2D eigenvalue weighted by atomic mass is 9.75. The van der Waals surface area contributed by atoms with Gasteiger partial charge in [0.15, 0.2) is 0 Å². The Balaban J connectivity index is 2.38. The highest BCUT2D eigenvalue weighted by Crippen LogP contribution is 2.43. The van der Waals surface area contributed by atoms with Crippen molar-refractivity contribution in [3.8, 4) is 0 Å². The van der Waals surface area contributed by atoms with Crippen LogP contribution in [0.4, 0.5) is 0 Å². The van der Waals surface area contributed by atoms with Crippen molar-refractivity contribution in [1.82, 2.24) is 0 Å². The van der Waals surface area contributed by atoms with Gasteiger partial charge >= 0.3 is 0 Å². The van der Waals surface area contributed by atoms with Crippen LogP contribution < -0.4 is 0 Å². The van der Waals surface area contributed by atoms with E-state index in [0.29, 0.717) is 25.7 Å². The summed E-state index contributed by atoms with van der Waals surface area (Å²) in [5, 5.41) is 31.0. The van der Waals surface area contributed by atoms with Crippen LogP contribution in [0.1, 0.15) is 66.2 Å². The Hall–Kier alpha value is -0.680. The summed E-state index contributed by atoms with van der Waals surface area (Å²) < 4.78 is 6.45. The number of hydrogen-bond donors (Lipinski definition) is 3. The Labute approximate surface area is 146 Å². The van der Waals surface area contributed by atoms with Crippen molar-refractivity contribution < 1.29 is 20.1 Å². The van der Waals surface area contributed by atoms with Crippen molar-refractivity contribution in [2.75, 3.05) is 6.61 Å². The van der Waals surface area contributed by atoms with Gasteiger partial charge in [0.25, 0.3) is 0 Å². The van der Waals surface area contributed by atoms with Gasteiger partial charge in [-0.15, -0.1) is 0 Å². The number of fused-ring (bicyclic) bond motifs is 2. The predicted molar refractivity (Wildman–Crippen MR) is 95.7 cm³/mol. The molecule has 2 aliphatic rings. The fourth-order valence-corrected chi connectivity index (χ4v) is 3.70. The lowest BCUT2D eigenvalue weighted by Crippen LogP contribution is -2.55. The fourth-order valence-electron chi connectivity index (χ4n) is 3.70. The summed E-state index contributed by atoms with van der Waals surface area (Å²) in [6.45, 7) is 7.92. The molecule has 0 saturated carbocycles. The van der Waals surface area contributed by atoms with Gasteiger partial charge in [0.1, 0.15) is 0 Å². The van der Waals surface area contributed by atoms with E-state index in [1.54, 1.807) is 0 Å². The van der Waals surface area contributed by atoms with E-state index in [1.807, 2.05) is 32.1 Å². The second-order valence-corrected chi connectivity index (χ2v) is 8.36. The Kier molecular flexibility index (Phi) is 5.96. The first-order chi connectivity index (χ1) is 11.1. The number of aliphatic hydroxyl groups is 3. The second kappa shape index (κ2) is 7.28. The summed E-state index contributed by atoms with van der Waals surface area (Å²) in [7, 11) is 0. The molecule has 0 radical (unpaired) electrons. The van der Waals surface area contributed by atoms with E-state index in [-0.39, 0.29) is 18.6 Å². The summed E-state index contributed by atoms with van der Waals surface area (Å²) in [6, 6.07) is 0. The van der Waals surface area contributed by atoms with E-state index in [2.05, 4.69) is 13.8 Å². The zero-order valence-corrected chi connectivity index (χ0v) is 15.6. The van der Waals surface area contributed by atoms with E-state index >= 15 is 0 Å². The molecule has 0 aromatic rings.